The van der Waals surface area contributed by atoms with Gasteiger partial charge < -0.3 is 19.1 Å². The minimum Gasteiger partial charge on any atom is -0.376 e. The SMILES string of the molecule is C/C(=C(/C#N)S(=O)(=O)NC(C)(C)CCOC(C)(C)C)c1ccc(-c2ccc3cc(N4CCN(C)CC4)ccc3c2)n1C. The van der Waals surface area contributed by atoms with Crippen LogP contribution in [0.1, 0.15) is 53.7 Å². The lowest BCUT2D eigenvalue weighted by Crippen LogP contribution is -2.45. The highest BCUT2D eigenvalue weighted by Crippen LogP contribution is 2.32. The Labute approximate surface area is 251 Å². The molecule has 2 aromatic carbocycles. The number of sulfonamides is 1. The molecule has 3 aromatic rings. The van der Waals surface area contributed by atoms with Gasteiger partial charge in [-0.3, -0.25) is 0 Å². The Morgan fingerprint density at radius 2 is 1.60 bits per heavy atom. The molecule has 4 rings (SSSR count). The van der Waals surface area contributed by atoms with Gasteiger partial charge in [0.25, 0.3) is 10.0 Å². The van der Waals surface area contributed by atoms with E-state index in [-0.39, 0.29) is 10.5 Å². The second-order valence-corrected chi connectivity index (χ2v) is 14.6. The van der Waals surface area contributed by atoms with Crippen LogP contribution in [0.4, 0.5) is 5.69 Å². The molecular weight excluding hydrogens is 546 g/mol. The molecule has 0 unspecified atom stereocenters. The van der Waals surface area contributed by atoms with Crippen LogP contribution in [0.2, 0.25) is 0 Å². The number of hydrogen-bond acceptors (Lipinski definition) is 6. The second kappa shape index (κ2) is 12.2. The van der Waals surface area contributed by atoms with Gasteiger partial charge in [0.1, 0.15) is 6.07 Å². The number of anilines is 1. The minimum atomic E-state index is -4.07. The summed E-state index contributed by atoms with van der Waals surface area (Å²) in [5.74, 6) is 0. The number of benzene rings is 2. The first-order chi connectivity index (χ1) is 19.6. The third-order valence-corrected chi connectivity index (χ3v) is 9.63. The molecule has 42 heavy (non-hydrogen) atoms. The van der Waals surface area contributed by atoms with Crippen molar-refractivity contribution in [3.05, 3.63) is 59.1 Å². The highest BCUT2D eigenvalue weighted by Gasteiger charge is 2.30. The number of ether oxygens (including phenoxy) is 1. The molecule has 8 nitrogen and oxygen atoms in total. The zero-order chi connectivity index (χ0) is 30.9. The molecular formula is C33H45N5O3S. The maximum absolute atomic E-state index is 13.4. The number of hydrogen-bond donors (Lipinski definition) is 1. The first kappa shape index (κ1) is 31.8. The third-order valence-electron chi connectivity index (χ3n) is 7.88. The minimum absolute atomic E-state index is 0.282. The normalized spacial score (nSPS) is 16.0. The molecule has 9 heteroatoms. The van der Waals surface area contributed by atoms with Crippen LogP contribution in [0.25, 0.3) is 27.6 Å². The Morgan fingerprint density at radius 3 is 2.24 bits per heavy atom. The van der Waals surface area contributed by atoms with Crippen LogP contribution in [0.3, 0.4) is 0 Å². The fourth-order valence-electron chi connectivity index (χ4n) is 5.37. The predicted molar refractivity (Wildman–Crippen MR) is 173 cm³/mol. The maximum atomic E-state index is 13.4. The molecule has 1 aliphatic rings. The van der Waals surface area contributed by atoms with Crippen molar-refractivity contribution >= 4 is 32.1 Å². The highest BCUT2D eigenvalue weighted by molar-refractivity contribution is 7.94. The zero-order valence-electron chi connectivity index (χ0n) is 26.3. The summed E-state index contributed by atoms with van der Waals surface area (Å²) in [6, 6.07) is 18.8. The van der Waals surface area contributed by atoms with Crippen LogP contribution in [0.5, 0.6) is 0 Å². The van der Waals surface area contributed by atoms with Gasteiger partial charge in [0.05, 0.1) is 5.60 Å². The fraction of sp³-hybridized carbons (Fsp3) is 0.485. The van der Waals surface area contributed by atoms with E-state index in [4.69, 9.17) is 4.74 Å². The van der Waals surface area contributed by atoms with Crippen LogP contribution in [0.15, 0.2) is 53.4 Å². The number of fused-ring (bicyclic) bond motifs is 1. The molecule has 1 fully saturated rings. The van der Waals surface area contributed by atoms with Gasteiger partial charge in [-0.1, -0.05) is 18.2 Å². The van der Waals surface area contributed by atoms with Crippen molar-refractivity contribution in [1.82, 2.24) is 14.2 Å². The van der Waals surface area contributed by atoms with Crippen LogP contribution in [-0.2, 0) is 21.8 Å². The van der Waals surface area contributed by atoms with Gasteiger partial charge in [-0.2, -0.15) is 5.26 Å². The van der Waals surface area contributed by atoms with Gasteiger partial charge in [0, 0.05) is 68.0 Å². The lowest BCUT2D eigenvalue weighted by molar-refractivity contribution is -0.0102. The van der Waals surface area contributed by atoms with Crippen molar-refractivity contribution in [3.8, 4) is 17.3 Å². The number of piperazine rings is 1. The average molecular weight is 592 g/mol. The molecule has 0 spiro atoms. The van der Waals surface area contributed by atoms with Crippen LogP contribution < -0.4 is 9.62 Å². The third kappa shape index (κ3) is 7.42. The number of nitrogens with zero attached hydrogens (tertiary/aromatic N) is 4. The van der Waals surface area contributed by atoms with E-state index in [1.54, 1.807) is 20.8 Å². The first-order valence-corrected chi connectivity index (χ1v) is 16.0. The quantitative estimate of drug-likeness (QED) is 0.319. The van der Waals surface area contributed by atoms with Gasteiger partial charge in [0.2, 0.25) is 0 Å². The van der Waals surface area contributed by atoms with Crippen molar-refractivity contribution in [2.75, 3.05) is 44.7 Å². The monoisotopic (exact) mass is 591 g/mol. The fourth-order valence-corrected chi connectivity index (χ4v) is 6.93. The number of nitrogens with one attached hydrogen (secondary N) is 1. The largest absolute Gasteiger partial charge is 0.376 e. The van der Waals surface area contributed by atoms with Crippen molar-refractivity contribution < 1.29 is 13.2 Å². The molecule has 0 amide bonds. The molecule has 0 radical (unpaired) electrons. The summed E-state index contributed by atoms with van der Waals surface area (Å²) in [4.78, 5) is 4.50. The van der Waals surface area contributed by atoms with E-state index in [0.29, 0.717) is 24.3 Å². The Balaban J connectivity index is 1.57. The zero-order valence-corrected chi connectivity index (χ0v) is 27.1. The summed E-state index contributed by atoms with van der Waals surface area (Å²) in [6.07, 6.45) is 0.467. The van der Waals surface area contributed by atoms with Crippen LogP contribution in [-0.4, -0.2) is 68.9 Å². The van der Waals surface area contributed by atoms with Gasteiger partial charge in [-0.05, 0) is 102 Å². The van der Waals surface area contributed by atoms with Crippen LogP contribution in [0, 0.1) is 11.3 Å². The molecule has 0 bridgehead atoms. The molecule has 1 saturated heterocycles. The van der Waals surface area contributed by atoms with E-state index < -0.39 is 15.6 Å². The molecule has 1 N–H and O–H groups in total. The Hall–Kier alpha value is -3.16. The number of rotatable bonds is 9. The number of likely N-dealkylation sites (N-methyl/N-ethyl adjacent to an activating group) is 1. The van der Waals surface area contributed by atoms with Crippen molar-refractivity contribution in [2.24, 2.45) is 7.05 Å². The van der Waals surface area contributed by atoms with Gasteiger partial charge in [-0.15, -0.1) is 0 Å². The number of allylic oxidation sites excluding steroid dienone is 2. The maximum Gasteiger partial charge on any atom is 0.251 e. The summed E-state index contributed by atoms with van der Waals surface area (Å²) >= 11 is 0. The molecule has 2 heterocycles. The Morgan fingerprint density at radius 1 is 0.952 bits per heavy atom. The first-order valence-electron chi connectivity index (χ1n) is 14.5. The van der Waals surface area contributed by atoms with E-state index >= 15 is 0 Å². The number of aromatic nitrogens is 1. The lowest BCUT2D eigenvalue weighted by Gasteiger charge is -2.34. The van der Waals surface area contributed by atoms with E-state index in [0.717, 1.165) is 42.8 Å². The average Bonchev–Trinajstić information content (AvgIpc) is 3.28. The molecule has 1 aromatic heterocycles. The van der Waals surface area contributed by atoms with E-state index in [2.05, 4.69) is 58.0 Å². The summed E-state index contributed by atoms with van der Waals surface area (Å²) in [7, 11) is -0.00569. The summed E-state index contributed by atoms with van der Waals surface area (Å²) in [5.41, 5.74) is 3.18. The Kier molecular flexibility index (Phi) is 9.24. The molecule has 0 saturated carbocycles. The summed E-state index contributed by atoms with van der Waals surface area (Å²) in [6.45, 7) is 15.7. The topological polar surface area (TPSA) is 90.6 Å². The van der Waals surface area contributed by atoms with Crippen LogP contribution >= 0.6 is 0 Å². The molecule has 1 aliphatic heterocycles. The molecule has 0 aliphatic carbocycles. The van der Waals surface area contributed by atoms with Crippen molar-refractivity contribution in [1.29, 1.82) is 5.26 Å². The predicted octanol–water partition coefficient (Wildman–Crippen LogP) is 5.75. The molecule has 226 valence electrons. The van der Waals surface area contributed by atoms with E-state index in [1.807, 2.05) is 50.6 Å². The van der Waals surface area contributed by atoms with Gasteiger partial charge in [0.15, 0.2) is 4.91 Å². The Bertz CT molecular complexity index is 1620. The van der Waals surface area contributed by atoms with E-state index in [9.17, 15) is 13.7 Å². The summed E-state index contributed by atoms with van der Waals surface area (Å²) < 4.78 is 37.3. The summed E-state index contributed by atoms with van der Waals surface area (Å²) in [5, 5.41) is 12.3. The van der Waals surface area contributed by atoms with Crippen molar-refractivity contribution in [3.63, 3.8) is 0 Å². The molecule has 0 atom stereocenters. The van der Waals surface area contributed by atoms with Gasteiger partial charge in [-0.25, -0.2) is 13.1 Å². The lowest BCUT2D eigenvalue weighted by atomic mass is 10.0. The smallest absolute Gasteiger partial charge is 0.251 e. The van der Waals surface area contributed by atoms with Gasteiger partial charge >= 0.3 is 0 Å². The highest BCUT2D eigenvalue weighted by atomic mass is 32.2. The number of nitriles is 1. The van der Waals surface area contributed by atoms with E-state index in [1.165, 1.54) is 11.1 Å². The van der Waals surface area contributed by atoms with Crippen molar-refractivity contribution in [2.45, 2.75) is 59.1 Å². The standard InChI is InChI=1S/C33H45N5O3S/c1-24(31(23-34)42(39,40)35-33(5,6)15-20-41-32(2,3)4)29-13-14-30(37(29)8)27-10-9-26-22-28(12-11-25(26)21-27)38-18-16-36(7)17-19-38/h9-14,21-22,35H,15-20H2,1-8H3/b31-24+. The second-order valence-electron chi connectivity index (χ2n) is 13.0.